The first-order chi connectivity index (χ1) is 12.6. The van der Waals surface area contributed by atoms with Crippen LogP contribution in [0.4, 0.5) is 28.6 Å². The van der Waals surface area contributed by atoms with E-state index in [1.54, 1.807) is 18.1 Å². The van der Waals surface area contributed by atoms with Crippen LogP contribution in [0.5, 0.6) is 0 Å². The number of carbonyl (C=O) groups excluding carboxylic acids is 1. The molecule has 1 amide bonds. The molecule has 1 N–H and O–H groups in total. The fourth-order valence-corrected chi connectivity index (χ4v) is 3.28. The number of fused-ring (bicyclic) bond motifs is 2. The lowest BCUT2D eigenvalue weighted by Crippen LogP contribution is -2.25. The third-order valence-electron chi connectivity index (χ3n) is 4.52. The number of hydrogen-bond acceptors (Lipinski definition) is 4. The Labute approximate surface area is 156 Å². The topological polar surface area (TPSA) is 48.5 Å². The maximum Gasteiger partial charge on any atom is 0.260 e. The van der Waals surface area contributed by atoms with Crippen LogP contribution in [0.25, 0.3) is 0 Å². The second-order valence-electron chi connectivity index (χ2n) is 6.10. The molecule has 0 fully saturated rings. The lowest BCUT2D eigenvalue weighted by molar-refractivity contribution is 0.0994. The number of carbonyl (C=O) groups is 1. The van der Waals surface area contributed by atoms with Crippen LogP contribution in [-0.2, 0) is 0 Å². The number of halogens is 1. The summed E-state index contributed by atoms with van der Waals surface area (Å²) in [6.07, 6.45) is 1.70. The number of benzene rings is 2. The highest BCUT2D eigenvalue weighted by Gasteiger charge is 2.27. The van der Waals surface area contributed by atoms with Crippen molar-refractivity contribution in [2.45, 2.75) is 0 Å². The van der Waals surface area contributed by atoms with Gasteiger partial charge in [-0.1, -0.05) is 35.9 Å². The van der Waals surface area contributed by atoms with Crippen molar-refractivity contribution < 1.29 is 4.79 Å². The molecule has 26 heavy (non-hydrogen) atoms. The highest BCUT2D eigenvalue weighted by Crippen LogP contribution is 2.40. The van der Waals surface area contributed by atoms with Crippen molar-refractivity contribution in [3.63, 3.8) is 0 Å². The first kappa shape index (κ1) is 16.4. The van der Waals surface area contributed by atoms with Crippen LogP contribution in [0.2, 0.25) is 5.02 Å². The number of nitrogens with zero attached hydrogens (tertiary/aromatic N) is 3. The molecule has 0 radical (unpaired) electrons. The van der Waals surface area contributed by atoms with Gasteiger partial charge in [-0.3, -0.25) is 4.79 Å². The maximum absolute atomic E-state index is 12.8. The summed E-state index contributed by atoms with van der Waals surface area (Å²) in [5.74, 6) is 0.601. The Hall–Kier alpha value is -3.05. The van der Waals surface area contributed by atoms with E-state index < -0.39 is 0 Å². The van der Waals surface area contributed by atoms with Gasteiger partial charge in [-0.2, -0.15) is 0 Å². The summed E-state index contributed by atoms with van der Waals surface area (Å²) < 4.78 is 0. The van der Waals surface area contributed by atoms with Gasteiger partial charge in [0.15, 0.2) is 0 Å². The molecule has 3 aromatic rings. The quantitative estimate of drug-likeness (QED) is 0.707. The molecule has 0 saturated carbocycles. The number of aromatic nitrogens is 1. The Morgan fingerprint density at radius 1 is 0.923 bits per heavy atom. The van der Waals surface area contributed by atoms with E-state index in [1.165, 1.54) is 0 Å². The monoisotopic (exact) mass is 364 g/mol. The number of anilines is 5. The zero-order valence-electron chi connectivity index (χ0n) is 14.4. The van der Waals surface area contributed by atoms with E-state index in [2.05, 4.69) is 10.3 Å². The van der Waals surface area contributed by atoms with E-state index in [1.807, 2.05) is 66.5 Å². The van der Waals surface area contributed by atoms with E-state index in [0.717, 1.165) is 22.7 Å². The van der Waals surface area contributed by atoms with Crippen molar-refractivity contribution in [3.8, 4) is 0 Å². The smallest absolute Gasteiger partial charge is 0.260 e. The Balaban J connectivity index is 1.81. The van der Waals surface area contributed by atoms with Crippen molar-refractivity contribution in [3.05, 3.63) is 71.4 Å². The van der Waals surface area contributed by atoms with Crippen molar-refractivity contribution >= 4 is 46.1 Å². The van der Waals surface area contributed by atoms with E-state index >= 15 is 0 Å². The highest BCUT2D eigenvalue weighted by molar-refractivity contribution is 6.33. The standard InChI is InChI=1S/C20H17ClN4O/c1-24-16-10-6-3-7-13(16)20(26)25(2)18-12-22-19(11-17(18)24)23-15-9-5-4-8-14(15)21/h3-12H,1-2H3,(H,22,23). The number of nitrogens with one attached hydrogen (secondary N) is 1. The molecule has 2 heterocycles. The third kappa shape index (κ3) is 2.66. The van der Waals surface area contributed by atoms with Crippen molar-refractivity contribution in [1.82, 2.24) is 4.98 Å². The average molecular weight is 365 g/mol. The Bertz CT molecular complexity index is 1000. The molecule has 0 unspecified atom stereocenters. The van der Waals surface area contributed by atoms with Gasteiger partial charge in [-0.15, -0.1) is 0 Å². The molecular formula is C20H17ClN4O. The van der Waals surface area contributed by atoms with E-state index in [0.29, 0.717) is 16.4 Å². The van der Waals surface area contributed by atoms with Crippen LogP contribution in [0.15, 0.2) is 60.8 Å². The molecule has 4 rings (SSSR count). The average Bonchev–Trinajstić information content (AvgIpc) is 2.74. The van der Waals surface area contributed by atoms with Gasteiger partial charge in [0.2, 0.25) is 0 Å². The lowest BCUT2D eigenvalue weighted by Gasteiger charge is -2.22. The van der Waals surface area contributed by atoms with Gasteiger partial charge in [-0.25, -0.2) is 4.98 Å². The Kier molecular flexibility index (Phi) is 4.01. The third-order valence-corrected chi connectivity index (χ3v) is 4.85. The maximum atomic E-state index is 12.8. The molecule has 1 aliphatic heterocycles. The molecule has 0 saturated heterocycles. The first-order valence-corrected chi connectivity index (χ1v) is 8.56. The summed E-state index contributed by atoms with van der Waals surface area (Å²) in [6.45, 7) is 0. The molecule has 0 spiro atoms. The Morgan fingerprint density at radius 3 is 2.46 bits per heavy atom. The second-order valence-corrected chi connectivity index (χ2v) is 6.51. The number of amides is 1. The molecule has 0 atom stereocenters. The van der Waals surface area contributed by atoms with Gasteiger partial charge in [0.05, 0.1) is 39.5 Å². The summed E-state index contributed by atoms with van der Waals surface area (Å²) in [6, 6.07) is 17.0. The Morgan fingerprint density at radius 2 is 1.65 bits per heavy atom. The summed E-state index contributed by atoms with van der Waals surface area (Å²) >= 11 is 6.23. The van der Waals surface area contributed by atoms with Crippen molar-refractivity contribution in [2.75, 3.05) is 29.2 Å². The normalized spacial score (nSPS) is 13.1. The molecular weight excluding hydrogens is 348 g/mol. The van der Waals surface area contributed by atoms with Crippen molar-refractivity contribution in [2.24, 2.45) is 0 Å². The summed E-state index contributed by atoms with van der Waals surface area (Å²) in [7, 11) is 3.71. The predicted molar refractivity (Wildman–Crippen MR) is 106 cm³/mol. The van der Waals surface area contributed by atoms with Crippen LogP contribution in [0.3, 0.4) is 0 Å². The van der Waals surface area contributed by atoms with Crippen molar-refractivity contribution in [1.29, 1.82) is 0 Å². The summed E-state index contributed by atoms with van der Waals surface area (Å²) in [4.78, 5) is 20.9. The van der Waals surface area contributed by atoms with E-state index in [4.69, 9.17) is 11.6 Å². The molecule has 6 heteroatoms. The van der Waals surface area contributed by atoms with E-state index in [9.17, 15) is 4.79 Å². The second kappa shape index (κ2) is 6.35. The van der Waals surface area contributed by atoms with Gasteiger partial charge in [0.1, 0.15) is 5.82 Å². The molecule has 0 aliphatic carbocycles. The summed E-state index contributed by atoms with van der Waals surface area (Å²) in [5, 5.41) is 3.86. The predicted octanol–water partition coefficient (Wildman–Crippen LogP) is 4.84. The lowest BCUT2D eigenvalue weighted by atomic mass is 10.1. The number of para-hydroxylation sites is 2. The minimum atomic E-state index is -0.0557. The van der Waals surface area contributed by atoms with Crippen LogP contribution < -0.4 is 15.1 Å². The first-order valence-electron chi connectivity index (χ1n) is 8.18. The summed E-state index contributed by atoms with van der Waals surface area (Å²) in [5.41, 5.74) is 3.93. The number of hydrogen-bond donors (Lipinski definition) is 1. The van der Waals surface area contributed by atoms with Crippen LogP contribution in [0.1, 0.15) is 10.4 Å². The molecule has 1 aromatic heterocycles. The molecule has 130 valence electrons. The largest absolute Gasteiger partial charge is 0.342 e. The van der Waals surface area contributed by atoms with E-state index in [-0.39, 0.29) is 5.91 Å². The number of rotatable bonds is 2. The molecule has 0 bridgehead atoms. The van der Waals surface area contributed by atoms with Gasteiger partial charge in [0.25, 0.3) is 5.91 Å². The van der Waals surface area contributed by atoms with Crippen LogP contribution >= 0.6 is 11.6 Å². The molecule has 2 aromatic carbocycles. The van der Waals surface area contributed by atoms with Crippen LogP contribution in [-0.4, -0.2) is 25.0 Å². The molecule has 1 aliphatic rings. The molecule has 5 nitrogen and oxygen atoms in total. The van der Waals surface area contributed by atoms with Gasteiger partial charge < -0.3 is 15.1 Å². The fraction of sp³-hybridized carbons (Fsp3) is 0.100. The minimum Gasteiger partial charge on any atom is -0.342 e. The SMILES string of the molecule is CN1C(=O)c2ccccc2N(C)c2cc(Nc3ccccc3Cl)ncc21. The number of pyridine rings is 1. The fourth-order valence-electron chi connectivity index (χ4n) is 3.10. The highest BCUT2D eigenvalue weighted by atomic mass is 35.5. The van der Waals surface area contributed by atoms with Gasteiger partial charge in [-0.05, 0) is 24.3 Å². The zero-order valence-corrected chi connectivity index (χ0v) is 15.2. The minimum absolute atomic E-state index is 0.0557. The zero-order chi connectivity index (χ0) is 18.3. The van der Waals surface area contributed by atoms with Crippen LogP contribution in [0, 0.1) is 0 Å². The van der Waals surface area contributed by atoms with Gasteiger partial charge in [0, 0.05) is 20.2 Å². The van der Waals surface area contributed by atoms with Gasteiger partial charge >= 0.3 is 0 Å².